The summed E-state index contributed by atoms with van der Waals surface area (Å²) in [5.41, 5.74) is 1.45. The van der Waals surface area contributed by atoms with E-state index < -0.39 is 0 Å². The fourth-order valence-electron chi connectivity index (χ4n) is 3.96. The van der Waals surface area contributed by atoms with E-state index in [1.54, 1.807) is 17.1 Å². The van der Waals surface area contributed by atoms with Crippen LogP contribution in [0.3, 0.4) is 0 Å². The number of furan rings is 1. The van der Waals surface area contributed by atoms with Gasteiger partial charge >= 0.3 is 0 Å². The molecule has 0 saturated carbocycles. The molecule has 0 spiro atoms. The van der Waals surface area contributed by atoms with Crippen molar-refractivity contribution in [1.82, 2.24) is 25.0 Å². The van der Waals surface area contributed by atoms with Gasteiger partial charge in [-0.2, -0.15) is 5.10 Å². The average Bonchev–Trinajstić information content (AvgIpc) is 3.49. The molecule has 1 atom stereocenters. The first-order valence-electron chi connectivity index (χ1n) is 10.2. The maximum atomic E-state index is 13.0. The van der Waals surface area contributed by atoms with Crippen LogP contribution in [0.15, 0.2) is 47.1 Å². The van der Waals surface area contributed by atoms with Crippen LogP contribution in [0.4, 0.5) is 0 Å². The fraction of sp³-hybridized carbons (Fsp3) is 0.409. The van der Waals surface area contributed by atoms with Crippen molar-refractivity contribution in [2.75, 3.05) is 19.6 Å². The minimum atomic E-state index is -0.114. The molecule has 0 aliphatic carbocycles. The normalized spacial score (nSPS) is 15.5. The standard InChI is InChI=1S/C22H27N5O2/c1-3-18-17(14-25-27(18)21-8-4-5-11-23-21)22(28)24-15-19(26-12-6-7-13-26)20-10-9-16(2)29-20/h4-5,8-11,14,19H,3,6-7,12-13,15H2,1-2H3,(H,24,28). The molecule has 1 aliphatic rings. The summed E-state index contributed by atoms with van der Waals surface area (Å²) in [5.74, 6) is 2.39. The number of nitrogens with zero attached hydrogens (tertiary/aromatic N) is 4. The number of likely N-dealkylation sites (tertiary alicyclic amines) is 1. The molecule has 1 saturated heterocycles. The molecule has 1 aliphatic heterocycles. The van der Waals surface area contributed by atoms with Gasteiger partial charge in [-0.3, -0.25) is 9.69 Å². The lowest BCUT2D eigenvalue weighted by atomic mass is 10.1. The number of aryl methyl sites for hydroxylation is 1. The van der Waals surface area contributed by atoms with E-state index in [4.69, 9.17) is 4.42 Å². The number of nitrogens with one attached hydrogen (secondary N) is 1. The highest BCUT2D eigenvalue weighted by molar-refractivity contribution is 5.95. The van der Waals surface area contributed by atoms with E-state index in [-0.39, 0.29) is 11.9 Å². The summed E-state index contributed by atoms with van der Waals surface area (Å²) in [6.45, 7) is 6.52. The average molecular weight is 393 g/mol. The molecule has 152 valence electrons. The quantitative estimate of drug-likeness (QED) is 0.667. The first-order valence-corrected chi connectivity index (χ1v) is 10.2. The molecule has 4 heterocycles. The lowest BCUT2D eigenvalue weighted by molar-refractivity contribution is 0.0932. The lowest BCUT2D eigenvalue weighted by Gasteiger charge is -2.26. The van der Waals surface area contributed by atoms with Gasteiger partial charge in [-0.1, -0.05) is 13.0 Å². The van der Waals surface area contributed by atoms with E-state index in [9.17, 15) is 4.79 Å². The minimum absolute atomic E-state index is 0.0473. The summed E-state index contributed by atoms with van der Waals surface area (Å²) < 4.78 is 7.62. The second-order valence-corrected chi connectivity index (χ2v) is 7.38. The maximum absolute atomic E-state index is 13.0. The number of amides is 1. The van der Waals surface area contributed by atoms with Crippen LogP contribution in [0, 0.1) is 6.92 Å². The van der Waals surface area contributed by atoms with Crippen LogP contribution < -0.4 is 5.32 Å². The molecular weight excluding hydrogens is 366 g/mol. The zero-order chi connectivity index (χ0) is 20.2. The Hall–Kier alpha value is -2.93. The van der Waals surface area contributed by atoms with Gasteiger partial charge < -0.3 is 9.73 Å². The molecule has 1 fully saturated rings. The first kappa shape index (κ1) is 19.4. The fourth-order valence-corrected chi connectivity index (χ4v) is 3.96. The van der Waals surface area contributed by atoms with Gasteiger partial charge in [-0.05, 0) is 63.5 Å². The van der Waals surface area contributed by atoms with E-state index in [1.807, 2.05) is 44.2 Å². The lowest BCUT2D eigenvalue weighted by Crippen LogP contribution is -2.36. The third kappa shape index (κ3) is 4.10. The Labute approximate surface area is 170 Å². The molecule has 1 amide bonds. The van der Waals surface area contributed by atoms with Crippen LogP contribution in [0.25, 0.3) is 5.82 Å². The Balaban J connectivity index is 1.52. The van der Waals surface area contributed by atoms with Crippen molar-refractivity contribution in [3.63, 3.8) is 0 Å². The zero-order valence-corrected chi connectivity index (χ0v) is 17.0. The van der Waals surface area contributed by atoms with Gasteiger partial charge in [0.2, 0.25) is 0 Å². The second-order valence-electron chi connectivity index (χ2n) is 7.38. The highest BCUT2D eigenvalue weighted by atomic mass is 16.3. The molecule has 0 bridgehead atoms. The molecular formula is C22H27N5O2. The van der Waals surface area contributed by atoms with E-state index in [0.29, 0.717) is 24.3 Å². The van der Waals surface area contributed by atoms with Crippen LogP contribution in [-0.4, -0.2) is 45.2 Å². The highest BCUT2D eigenvalue weighted by Crippen LogP contribution is 2.26. The predicted molar refractivity (Wildman–Crippen MR) is 110 cm³/mol. The Morgan fingerprint density at radius 3 is 2.72 bits per heavy atom. The summed E-state index contributed by atoms with van der Waals surface area (Å²) >= 11 is 0. The van der Waals surface area contributed by atoms with E-state index in [2.05, 4.69) is 20.3 Å². The number of carbonyl (C=O) groups is 1. The van der Waals surface area contributed by atoms with Crippen LogP contribution in [0.1, 0.15) is 53.4 Å². The van der Waals surface area contributed by atoms with Gasteiger partial charge in [0.15, 0.2) is 5.82 Å². The molecule has 0 aromatic carbocycles. The molecule has 4 rings (SSSR count). The van der Waals surface area contributed by atoms with Crippen molar-refractivity contribution in [2.24, 2.45) is 0 Å². The summed E-state index contributed by atoms with van der Waals surface area (Å²) in [7, 11) is 0. The Bertz CT molecular complexity index is 957. The number of carbonyl (C=O) groups excluding carboxylic acids is 1. The Kier molecular flexibility index (Phi) is 5.76. The van der Waals surface area contributed by atoms with Gasteiger partial charge in [0.05, 0.1) is 23.5 Å². The van der Waals surface area contributed by atoms with Crippen molar-refractivity contribution in [1.29, 1.82) is 0 Å². The van der Waals surface area contributed by atoms with Crippen LogP contribution in [-0.2, 0) is 6.42 Å². The largest absolute Gasteiger partial charge is 0.465 e. The summed E-state index contributed by atoms with van der Waals surface area (Å²) in [6, 6.07) is 9.70. The third-order valence-electron chi connectivity index (χ3n) is 5.44. The van der Waals surface area contributed by atoms with Gasteiger partial charge in [0.1, 0.15) is 11.5 Å². The number of pyridine rings is 1. The minimum Gasteiger partial charge on any atom is -0.465 e. The van der Waals surface area contributed by atoms with Gasteiger partial charge in [0.25, 0.3) is 5.91 Å². The number of aromatic nitrogens is 3. The molecule has 0 radical (unpaired) electrons. The summed E-state index contributed by atoms with van der Waals surface area (Å²) in [5, 5.41) is 7.52. The van der Waals surface area contributed by atoms with Gasteiger partial charge in [0, 0.05) is 12.7 Å². The molecule has 1 N–H and O–H groups in total. The van der Waals surface area contributed by atoms with Crippen molar-refractivity contribution < 1.29 is 9.21 Å². The maximum Gasteiger partial charge on any atom is 0.254 e. The SMILES string of the molecule is CCc1c(C(=O)NCC(c2ccc(C)o2)N2CCCC2)cnn1-c1ccccn1. The van der Waals surface area contributed by atoms with E-state index >= 15 is 0 Å². The second kappa shape index (κ2) is 8.61. The van der Waals surface area contributed by atoms with Crippen molar-refractivity contribution >= 4 is 5.91 Å². The molecule has 3 aromatic heterocycles. The third-order valence-corrected chi connectivity index (χ3v) is 5.44. The zero-order valence-electron chi connectivity index (χ0n) is 17.0. The monoisotopic (exact) mass is 393 g/mol. The molecule has 29 heavy (non-hydrogen) atoms. The predicted octanol–water partition coefficient (Wildman–Crippen LogP) is 3.30. The van der Waals surface area contributed by atoms with Gasteiger partial charge in [-0.25, -0.2) is 9.67 Å². The van der Waals surface area contributed by atoms with Crippen molar-refractivity contribution in [3.8, 4) is 5.82 Å². The Morgan fingerprint density at radius 2 is 2.07 bits per heavy atom. The smallest absolute Gasteiger partial charge is 0.254 e. The molecule has 1 unspecified atom stereocenters. The van der Waals surface area contributed by atoms with Crippen LogP contribution >= 0.6 is 0 Å². The van der Waals surface area contributed by atoms with E-state index in [1.165, 1.54) is 12.8 Å². The number of hydrogen-bond acceptors (Lipinski definition) is 5. The van der Waals surface area contributed by atoms with E-state index in [0.717, 1.165) is 30.3 Å². The number of rotatable bonds is 7. The topological polar surface area (TPSA) is 76.2 Å². The van der Waals surface area contributed by atoms with Crippen molar-refractivity contribution in [2.45, 2.75) is 39.2 Å². The number of hydrogen-bond donors (Lipinski definition) is 1. The Morgan fingerprint density at radius 1 is 1.24 bits per heavy atom. The highest BCUT2D eigenvalue weighted by Gasteiger charge is 2.27. The van der Waals surface area contributed by atoms with Crippen LogP contribution in [0.5, 0.6) is 0 Å². The van der Waals surface area contributed by atoms with Gasteiger partial charge in [-0.15, -0.1) is 0 Å². The van der Waals surface area contributed by atoms with Crippen LogP contribution in [0.2, 0.25) is 0 Å². The summed E-state index contributed by atoms with van der Waals surface area (Å²) in [6.07, 6.45) is 6.40. The molecule has 7 nitrogen and oxygen atoms in total. The molecule has 3 aromatic rings. The summed E-state index contributed by atoms with van der Waals surface area (Å²) in [4.78, 5) is 19.7. The van der Waals surface area contributed by atoms with Crippen molar-refractivity contribution in [3.05, 3.63) is 65.5 Å². The first-order chi connectivity index (χ1) is 14.2. The molecule has 7 heteroatoms.